The quantitative estimate of drug-likeness (QED) is 0.824. The van der Waals surface area contributed by atoms with Crippen molar-refractivity contribution < 1.29 is 22.7 Å². The molecule has 0 aliphatic rings. The van der Waals surface area contributed by atoms with Crippen molar-refractivity contribution in [1.29, 1.82) is 0 Å². The Labute approximate surface area is 97.2 Å². The number of aromatic hydroxyl groups is 1. The summed E-state index contributed by atoms with van der Waals surface area (Å²) in [6.45, 7) is -1.05. The van der Waals surface area contributed by atoms with Gasteiger partial charge in [-0.15, -0.1) is 0 Å². The van der Waals surface area contributed by atoms with Gasteiger partial charge in [-0.2, -0.15) is 13.2 Å². The Morgan fingerprint density at radius 3 is 2.38 bits per heavy atom. The Morgan fingerprint density at radius 1 is 1.38 bits per heavy atom. The molecule has 0 unspecified atom stereocenters. The van der Waals surface area contributed by atoms with Crippen molar-refractivity contribution in [3.05, 3.63) is 27.7 Å². The van der Waals surface area contributed by atoms with Gasteiger partial charge in [-0.25, -0.2) is 4.39 Å². The molecule has 0 radical (unpaired) electrons. The number of halogens is 5. The Hall–Kier alpha value is -0.820. The van der Waals surface area contributed by atoms with Gasteiger partial charge in [0.1, 0.15) is 12.4 Å². The van der Waals surface area contributed by atoms with E-state index in [1.165, 1.54) is 0 Å². The van der Waals surface area contributed by atoms with Gasteiger partial charge < -0.3 is 10.8 Å². The lowest BCUT2D eigenvalue weighted by Gasteiger charge is -2.16. The van der Waals surface area contributed by atoms with Gasteiger partial charge in [-0.1, -0.05) is 15.9 Å². The molecule has 0 fully saturated rings. The average Bonchev–Trinajstić information content (AvgIpc) is 2.18. The van der Waals surface area contributed by atoms with E-state index < -0.39 is 30.2 Å². The SMILES string of the molecule is N[C@@H](CF)c1cc(Br)cc(C(F)(F)F)c1O. The lowest BCUT2D eigenvalue weighted by molar-refractivity contribution is -0.138. The van der Waals surface area contributed by atoms with Gasteiger partial charge in [0.15, 0.2) is 0 Å². The third kappa shape index (κ3) is 2.65. The summed E-state index contributed by atoms with van der Waals surface area (Å²) in [4.78, 5) is 0. The number of rotatable bonds is 2. The normalized spacial score (nSPS) is 13.9. The molecule has 1 aromatic rings. The largest absolute Gasteiger partial charge is 0.507 e. The van der Waals surface area contributed by atoms with Crippen LogP contribution in [0.2, 0.25) is 0 Å². The standard InChI is InChI=1S/C9H8BrF4NO/c10-4-1-5(7(15)3-11)8(16)6(2-4)9(12,13)14/h1-2,7,16H,3,15H2/t7-/m0/s1. The Morgan fingerprint density at radius 2 is 1.94 bits per heavy atom. The summed E-state index contributed by atoms with van der Waals surface area (Å²) in [5.74, 6) is -1.03. The number of nitrogens with two attached hydrogens (primary N) is 1. The molecule has 0 saturated carbocycles. The predicted octanol–water partition coefficient (Wildman–Crippen LogP) is 3.14. The van der Waals surface area contributed by atoms with Crippen molar-refractivity contribution in [3.63, 3.8) is 0 Å². The van der Waals surface area contributed by atoms with E-state index in [1.54, 1.807) is 0 Å². The van der Waals surface area contributed by atoms with E-state index >= 15 is 0 Å². The molecule has 1 rings (SSSR count). The molecule has 16 heavy (non-hydrogen) atoms. The number of hydrogen-bond donors (Lipinski definition) is 2. The van der Waals surface area contributed by atoms with Gasteiger partial charge >= 0.3 is 6.18 Å². The van der Waals surface area contributed by atoms with E-state index in [1.807, 2.05) is 0 Å². The van der Waals surface area contributed by atoms with Gasteiger partial charge in [-0.05, 0) is 12.1 Å². The van der Waals surface area contributed by atoms with Crippen molar-refractivity contribution in [1.82, 2.24) is 0 Å². The topological polar surface area (TPSA) is 46.2 Å². The molecule has 1 atom stereocenters. The Kier molecular flexibility index (Phi) is 3.80. The van der Waals surface area contributed by atoms with Crippen molar-refractivity contribution in [3.8, 4) is 5.75 Å². The molecule has 90 valence electrons. The first-order valence-corrected chi connectivity index (χ1v) is 4.97. The first kappa shape index (κ1) is 13.2. The maximum Gasteiger partial charge on any atom is 0.420 e. The highest BCUT2D eigenvalue weighted by atomic mass is 79.9. The smallest absolute Gasteiger partial charge is 0.420 e. The van der Waals surface area contributed by atoms with Crippen molar-refractivity contribution >= 4 is 15.9 Å². The van der Waals surface area contributed by atoms with E-state index in [2.05, 4.69) is 15.9 Å². The second-order valence-electron chi connectivity index (χ2n) is 3.15. The second kappa shape index (κ2) is 4.58. The molecule has 7 heteroatoms. The summed E-state index contributed by atoms with van der Waals surface area (Å²) >= 11 is 2.85. The molecule has 0 bridgehead atoms. The molecule has 0 aliphatic heterocycles. The van der Waals surface area contributed by atoms with E-state index in [0.29, 0.717) is 6.07 Å². The van der Waals surface area contributed by atoms with Crippen LogP contribution in [-0.4, -0.2) is 11.8 Å². The zero-order valence-corrected chi connectivity index (χ0v) is 9.44. The number of phenolic OH excluding ortho intramolecular Hbond substituents is 1. The lowest BCUT2D eigenvalue weighted by Crippen LogP contribution is -2.15. The van der Waals surface area contributed by atoms with Crippen LogP contribution in [0.3, 0.4) is 0 Å². The lowest BCUT2D eigenvalue weighted by atomic mass is 10.0. The summed E-state index contributed by atoms with van der Waals surface area (Å²) in [7, 11) is 0. The maximum atomic E-state index is 12.5. The first-order valence-electron chi connectivity index (χ1n) is 4.18. The zero-order chi connectivity index (χ0) is 12.5. The molecule has 3 N–H and O–H groups in total. The summed E-state index contributed by atoms with van der Waals surface area (Å²) in [5, 5.41) is 9.36. The zero-order valence-electron chi connectivity index (χ0n) is 7.85. The summed E-state index contributed by atoms with van der Waals surface area (Å²) in [6, 6.07) is 0.595. The monoisotopic (exact) mass is 301 g/mol. The van der Waals surface area contributed by atoms with Crippen LogP contribution in [0, 0.1) is 0 Å². The number of hydrogen-bond acceptors (Lipinski definition) is 2. The highest BCUT2D eigenvalue weighted by Gasteiger charge is 2.35. The van der Waals surface area contributed by atoms with Crippen LogP contribution in [0.1, 0.15) is 17.2 Å². The first-order chi connectivity index (χ1) is 7.27. The maximum absolute atomic E-state index is 12.5. The van der Waals surface area contributed by atoms with Crippen LogP contribution in [0.4, 0.5) is 17.6 Å². The predicted molar refractivity (Wildman–Crippen MR) is 53.7 cm³/mol. The summed E-state index contributed by atoms with van der Waals surface area (Å²) in [6.07, 6.45) is -4.71. The third-order valence-electron chi connectivity index (χ3n) is 1.98. The van der Waals surface area contributed by atoms with Crippen LogP contribution in [0.25, 0.3) is 0 Å². The molecule has 0 spiro atoms. The Bertz CT molecular complexity index is 394. The number of benzene rings is 1. The molecule has 0 amide bonds. The minimum atomic E-state index is -4.71. The number of phenols is 1. The molecule has 1 aromatic carbocycles. The van der Waals surface area contributed by atoms with E-state index in [9.17, 15) is 22.7 Å². The van der Waals surface area contributed by atoms with Gasteiger partial charge in [0.05, 0.1) is 11.6 Å². The highest BCUT2D eigenvalue weighted by molar-refractivity contribution is 9.10. The highest BCUT2D eigenvalue weighted by Crippen LogP contribution is 2.41. The van der Waals surface area contributed by atoms with Crippen LogP contribution in [-0.2, 0) is 6.18 Å². The van der Waals surface area contributed by atoms with Crippen molar-refractivity contribution in [2.45, 2.75) is 12.2 Å². The van der Waals surface area contributed by atoms with E-state index in [0.717, 1.165) is 6.07 Å². The van der Waals surface area contributed by atoms with Crippen LogP contribution in [0.15, 0.2) is 16.6 Å². The molecular weight excluding hydrogens is 294 g/mol. The average molecular weight is 302 g/mol. The second-order valence-corrected chi connectivity index (χ2v) is 4.07. The fourth-order valence-electron chi connectivity index (χ4n) is 1.20. The van der Waals surface area contributed by atoms with Crippen LogP contribution < -0.4 is 5.73 Å². The third-order valence-corrected chi connectivity index (χ3v) is 2.43. The molecular formula is C9H8BrF4NO. The van der Waals surface area contributed by atoms with E-state index in [-0.39, 0.29) is 10.0 Å². The number of alkyl halides is 4. The fourth-order valence-corrected chi connectivity index (χ4v) is 1.68. The summed E-state index contributed by atoms with van der Waals surface area (Å²) < 4.78 is 49.7. The van der Waals surface area contributed by atoms with Gasteiger partial charge in [-0.3, -0.25) is 0 Å². The molecule has 0 aliphatic carbocycles. The molecule has 0 aromatic heterocycles. The van der Waals surface area contributed by atoms with E-state index in [4.69, 9.17) is 5.73 Å². The van der Waals surface area contributed by atoms with Crippen LogP contribution in [0.5, 0.6) is 5.75 Å². The summed E-state index contributed by atoms with van der Waals surface area (Å²) in [5.41, 5.74) is 3.74. The molecule has 0 saturated heterocycles. The molecule has 2 nitrogen and oxygen atoms in total. The van der Waals surface area contributed by atoms with Gasteiger partial charge in [0, 0.05) is 10.0 Å². The fraction of sp³-hybridized carbons (Fsp3) is 0.333. The molecule has 0 heterocycles. The van der Waals surface area contributed by atoms with Gasteiger partial charge in [0.2, 0.25) is 0 Å². The van der Waals surface area contributed by atoms with Crippen molar-refractivity contribution in [2.24, 2.45) is 5.73 Å². The van der Waals surface area contributed by atoms with Gasteiger partial charge in [0.25, 0.3) is 0 Å². The minimum absolute atomic E-state index is 0.0801. The van der Waals surface area contributed by atoms with Crippen molar-refractivity contribution in [2.75, 3.05) is 6.67 Å². The minimum Gasteiger partial charge on any atom is -0.507 e. The Balaban J connectivity index is 3.38. The van der Waals surface area contributed by atoms with Crippen LogP contribution >= 0.6 is 15.9 Å².